The molecule has 5 aliphatic rings. The van der Waals surface area contributed by atoms with Crippen LogP contribution in [0, 0.1) is 22.7 Å². The Bertz CT molecular complexity index is 925. The molecule has 5 rings (SSSR count). The van der Waals surface area contributed by atoms with Crippen molar-refractivity contribution in [1.29, 1.82) is 0 Å². The number of carbonyl (C=O) groups is 2. The summed E-state index contributed by atoms with van der Waals surface area (Å²) in [6, 6.07) is 0. The molecule has 4 aliphatic carbocycles. The quantitative estimate of drug-likeness (QED) is 0.694. The minimum Gasteiger partial charge on any atom is -0.390 e. The number of ketones is 2. The Hall–Kier alpha value is -1.41. The topological polar surface area (TPSA) is 93.1 Å². The molecular weight excluding hydrogens is 403 g/mol. The third-order valence-electron chi connectivity index (χ3n) is 9.19. The number of hydrogen-bond acceptors (Lipinski definition) is 6. The summed E-state index contributed by atoms with van der Waals surface area (Å²) in [6.45, 7) is 6.41. The molecule has 0 aromatic heterocycles. The second-order valence-electron chi connectivity index (χ2n) is 10.9. The molecule has 31 heavy (non-hydrogen) atoms. The first-order chi connectivity index (χ1) is 14.4. The van der Waals surface area contributed by atoms with Gasteiger partial charge in [0.25, 0.3) is 0 Å². The van der Waals surface area contributed by atoms with Crippen molar-refractivity contribution in [3.8, 4) is 0 Å². The second-order valence-corrected chi connectivity index (χ2v) is 10.9. The highest BCUT2D eigenvalue weighted by Gasteiger charge is 2.79. The van der Waals surface area contributed by atoms with Crippen LogP contribution in [0.2, 0.25) is 0 Å². The molecule has 3 saturated carbocycles. The number of carbonyl (C=O) groups excluding carboxylic acids is 2. The van der Waals surface area contributed by atoms with E-state index < -0.39 is 58.4 Å². The Morgan fingerprint density at radius 1 is 1.26 bits per heavy atom. The fourth-order valence-electron chi connectivity index (χ4n) is 7.93. The Morgan fingerprint density at radius 3 is 2.65 bits per heavy atom. The summed E-state index contributed by atoms with van der Waals surface area (Å²) in [4.78, 5) is 25.1. The van der Waals surface area contributed by atoms with Crippen LogP contribution in [0.25, 0.3) is 0 Å². The van der Waals surface area contributed by atoms with E-state index in [1.165, 1.54) is 12.2 Å². The van der Waals surface area contributed by atoms with Crippen LogP contribution in [0.3, 0.4) is 0 Å². The van der Waals surface area contributed by atoms with Gasteiger partial charge in [-0.15, -0.1) is 0 Å². The molecule has 4 fully saturated rings. The number of alkyl halides is 1. The lowest BCUT2D eigenvalue weighted by molar-refractivity contribution is -0.246. The van der Waals surface area contributed by atoms with Crippen molar-refractivity contribution in [3.63, 3.8) is 0 Å². The van der Waals surface area contributed by atoms with E-state index in [-0.39, 0.29) is 18.1 Å². The second kappa shape index (κ2) is 6.13. The van der Waals surface area contributed by atoms with E-state index in [1.54, 1.807) is 26.8 Å². The van der Waals surface area contributed by atoms with Crippen LogP contribution in [0.15, 0.2) is 23.8 Å². The average molecular weight is 435 g/mol. The summed E-state index contributed by atoms with van der Waals surface area (Å²) in [5.41, 5.74) is -4.66. The van der Waals surface area contributed by atoms with E-state index in [2.05, 4.69) is 0 Å². The van der Waals surface area contributed by atoms with Gasteiger partial charge in [-0.25, -0.2) is 4.39 Å². The van der Waals surface area contributed by atoms with Gasteiger partial charge in [0, 0.05) is 16.7 Å². The van der Waals surface area contributed by atoms with Gasteiger partial charge in [0.15, 0.2) is 28.6 Å². The summed E-state index contributed by atoms with van der Waals surface area (Å²) in [5, 5.41) is 21.2. The molecule has 0 bridgehead atoms. The summed E-state index contributed by atoms with van der Waals surface area (Å²) >= 11 is 0. The first-order valence-electron chi connectivity index (χ1n) is 11.2. The number of aliphatic hydroxyl groups is 2. The maximum absolute atomic E-state index is 17.1. The van der Waals surface area contributed by atoms with Gasteiger partial charge in [-0.2, -0.15) is 0 Å². The molecule has 0 aromatic rings. The van der Waals surface area contributed by atoms with E-state index in [9.17, 15) is 19.8 Å². The first-order valence-corrected chi connectivity index (χ1v) is 11.2. The van der Waals surface area contributed by atoms with Crippen LogP contribution in [0.5, 0.6) is 0 Å². The number of rotatable bonds is 2. The van der Waals surface area contributed by atoms with Gasteiger partial charge in [0.2, 0.25) is 0 Å². The molecule has 0 unspecified atom stereocenters. The zero-order valence-electron chi connectivity index (χ0n) is 18.5. The van der Waals surface area contributed by atoms with E-state index >= 15 is 4.39 Å². The van der Waals surface area contributed by atoms with Crippen molar-refractivity contribution in [2.24, 2.45) is 22.7 Å². The maximum Gasteiger partial charge on any atom is 0.193 e. The number of hydrogen-bond donors (Lipinski definition) is 2. The van der Waals surface area contributed by atoms with Crippen LogP contribution in [0.1, 0.15) is 53.4 Å². The number of allylic oxidation sites excluding steroid dienone is 4. The van der Waals surface area contributed by atoms with E-state index in [1.807, 2.05) is 6.92 Å². The average Bonchev–Trinajstić information content (AvgIpc) is 3.09. The van der Waals surface area contributed by atoms with Crippen LogP contribution in [0.4, 0.5) is 4.39 Å². The zero-order chi connectivity index (χ0) is 22.6. The molecule has 0 amide bonds. The third kappa shape index (κ3) is 2.31. The van der Waals surface area contributed by atoms with Crippen molar-refractivity contribution < 1.29 is 33.7 Å². The van der Waals surface area contributed by atoms with Crippen LogP contribution in [-0.2, 0) is 19.1 Å². The molecule has 7 heteroatoms. The minimum atomic E-state index is -1.98. The lowest BCUT2D eigenvalue weighted by atomic mass is 9.44. The van der Waals surface area contributed by atoms with Crippen molar-refractivity contribution in [3.05, 3.63) is 23.8 Å². The Labute approximate surface area is 181 Å². The van der Waals surface area contributed by atoms with Gasteiger partial charge in [-0.3, -0.25) is 9.59 Å². The molecular formula is C24H31FO6. The Balaban J connectivity index is 1.64. The minimum absolute atomic E-state index is 0.0109. The summed E-state index contributed by atoms with van der Waals surface area (Å²) in [7, 11) is 0. The highest BCUT2D eigenvalue weighted by Crippen LogP contribution is 2.72. The molecule has 170 valence electrons. The van der Waals surface area contributed by atoms with Gasteiger partial charge >= 0.3 is 0 Å². The standard InChI is InChI=1S/C24H31FO6/c1-20(2)30-19-10-16-15-6-5-13-9-14(27)7-8-21(13,3)23(15,25)17(28)11-22(16,4)24(19,31-20)18(29)12-26/h7-9,15-17,19,26,28H,5-6,10-12H2,1-4H3/t15-,16+,17-,19+,21-,22-,23-,24+/m0/s1. The smallest absolute Gasteiger partial charge is 0.193 e. The van der Waals surface area contributed by atoms with Gasteiger partial charge in [0.05, 0.1) is 12.2 Å². The number of ether oxygens (including phenoxy) is 2. The highest BCUT2D eigenvalue weighted by molar-refractivity contribution is 6.01. The maximum atomic E-state index is 17.1. The largest absolute Gasteiger partial charge is 0.390 e. The summed E-state index contributed by atoms with van der Waals surface area (Å²) in [5.74, 6) is -2.46. The Morgan fingerprint density at radius 2 is 1.97 bits per heavy atom. The monoisotopic (exact) mass is 434 g/mol. The van der Waals surface area contributed by atoms with Crippen LogP contribution in [-0.4, -0.2) is 57.7 Å². The number of Topliss-reactive ketones (excluding diaryl/α,β-unsaturated/α-hetero) is 1. The van der Waals surface area contributed by atoms with Crippen molar-refractivity contribution in [1.82, 2.24) is 0 Å². The number of fused-ring (bicyclic) bond motifs is 7. The molecule has 0 radical (unpaired) electrons. The van der Waals surface area contributed by atoms with Gasteiger partial charge in [-0.1, -0.05) is 18.6 Å². The molecule has 1 saturated heterocycles. The van der Waals surface area contributed by atoms with Crippen LogP contribution >= 0.6 is 0 Å². The normalized spacial score (nSPS) is 52.1. The molecule has 8 atom stereocenters. The molecule has 6 nitrogen and oxygen atoms in total. The van der Waals surface area contributed by atoms with E-state index in [0.717, 1.165) is 5.57 Å². The Kier molecular flexibility index (Phi) is 4.24. The van der Waals surface area contributed by atoms with Crippen molar-refractivity contribution in [2.45, 2.75) is 82.6 Å². The fraction of sp³-hybridized carbons (Fsp3) is 0.750. The predicted octanol–water partition coefficient (Wildman–Crippen LogP) is 2.42. The SMILES string of the molecule is CC1(C)O[C@@H]2C[C@@H]3[C@@H]4CCC5=CC(=O)C=C[C@]5(C)[C@@]4(F)[C@@H](O)C[C@]3(C)[C@]2(C(=O)CO)O1. The molecule has 1 aliphatic heterocycles. The number of halogens is 1. The predicted molar refractivity (Wildman–Crippen MR) is 109 cm³/mol. The summed E-state index contributed by atoms with van der Waals surface area (Å²) in [6.07, 6.45) is 4.00. The van der Waals surface area contributed by atoms with E-state index in [0.29, 0.717) is 19.3 Å². The fourth-order valence-corrected chi connectivity index (χ4v) is 7.93. The molecule has 1 heterocycles. The van der Waals surface area contributed by atoms with E-state index in [4.69, 9.17) is 9.47 Å². The van der Waals surface area contributed by atoms with Gasteiger partial charge in [-0.05, 0) is 64.5 Å². The molecule has 0 spiro atoms. The highest BCUT2D eigenvalue weighted by atomic mass is 19.1. The first kappa shape index (κ1) is 21.4. The third-order valence-corrected chi connectivity index (χ3v) is 9.19. The van der Waals surface area contributed by atoms with Crippen molar-refractivity contribution >= 4 is 11.6 Å². The lowest BCUT2D eigenvalue weighted by Crippen LogP contribution is -2.70. The summed E-state index contributed by atoms with van der Waals surface area (Å²) < 4.78 is 29.5. The number of aliphatic hydroxyl groups excluding tert-OH is 2. The van der Waals surface area contributed by atoms with Crippen molar-refractivity contribution in [2.75, 3.05) is 6.61 Å². The van der Waals surface area contributed by atoms with Crippen LogP contribution < -0.4 is 0 Å². The molecule has 0 aromatic carbocycles. The molecule has 2 N–H and O–H groups in total. The zero-order valence-corrected chi connectivity index (χ0v) is 18.5. The lowest BCUT2D eigenvalue weighted by Gasteiger charge is -2.62. The van der Waals surface area contributed by atoms with Gasteiger partial charge in [0.1, 0.15) is 6.61 Å². The van der Waals surface area contributed by atoms with Gasteiger partial charge < -0.3 is 19.7 Å².